The molecule has 1 nitrogen and oxygen atoms in total. The highest BCUT2D eigenvalue weighted by atomic mass is 35.5. The summed E-state index contributed by atoms with van der Waals surface area (Å²) in [5.74, 6) is 0.0404. The maximum absolute atomic E-state index is 13.1. The van der Waals surface area contributed by atoms with Crippen LogP contribution in [0.5, 0.6) is 0 Å². The Morgan fingerprint density at radius 1 is 1.60 bits per heavy atom. The van der Waals surface area contributed by atoms with Gasteiger partial charge >= 0.3 is 0 Å². The van der Waals surface area contributed by atoms with Crippen molar-refractivity contribution < 1.29 is 9.18 Å². The van der Waals surface area contributed by atoms with Crippen LogP contribution in [0.15, 0.2) is 24.3 Å². The first kappa shape index (κ1) is 10.4. The van der Waals surface area contributed by atoms with Gasteiger partial charge in [0.2, 0.25) is 5.24 Å². The second kappa shape index (κ2) is 3.78. The van der Waals surface area contributed by atoms with Gasteiger partial charge in [-0.3, -0.25) is 4.79 Å². The monoisotopic (exact) mass is 224 g/mol. The fourth-order valence-corrected chi connectivity index (χ4v) is 2.19. The van der Waals surface area contributed by atoms with Crippen molar-refractivity contribution in [2.45, 2.75) is 19.3 Å². The van der Waals surface area contributed by atoms with Crippen LogP contribution in [0.4, 0.5) is 4.39 Å². The molecule has 15 heavy (non-hydrogen) atoms. The lowest BCUT2D eigenvalue weighted by molar-refractivity contribution is -0.107. The molecule has 0 fully saturated rings. The van der Waals surface area contributed by atoms with Gasteiger partial charge in [0.1, 0.15) is 5.82 Å². The average Bonchev–Trinajstić information content (AvgIpc) is 2.42. The summed E-state index contributed by atoms with van der Waals surface area (Å²) in [7, 11) is 0. The van der Waals surface area contributed by atoms with Gasteiger partial charge in [0.05, 0.1) is 0 Å². The number of carbonyl (C=O) groups excluding carboxylic acids is 1. The normalized spacial score (nSPS) is 21.8. The van der Waals surface area contributed by atoms with E-state index in [1.807, 2.05) is 0 Å². The smallest absolute Gasteiger partial charge is 0.245 e. The summed E-state index contributed by atoms with van der Waals surface area (Å²) in [6.07, 6.45) is 2.13. The third-order valence-electron chi connectivity index (χ3n) is 2.71. The molecule has 1 aromatic carbocycles. The molecule has 0 saturated heterocycles. The van der Waals surface area contributed by atoms with Crippen molar-refractivity contribution in [3.63, 3.8) is 0 Å². The van der Waals surface area contributed by atoms with Crippen molar-refractivity contribution in [2.24, 2.45) is 0 Å². The van der Waals surface area contributed by atoms with Crippen LogP contribution in [0.2, 0.25) is 0 Å². The van der Waals surface area contributed by atoms with Crippen LogP contribution in [0.25, 0.3) is 5.57 Å². The van der Waals surface area contributed by atoms with E-state index >= 15 is 0 Å². The van der Waals surface area contributed by atoms with E-state index in [2.05, 4.69) is 6.92 Å². The van der Waals surface area contributed by atoms with E-state index in [4.69, 9.17) is 11.6 Å². The van der Waals surface area contributed by atoms with Crippen LogP contribution in [-0.4, -0.2) is 5.24 Å². The van der Waals surface area contributed by atoms with Gasteiger partial charge in [-0.15, -0.1) is 0 Å². The first-order chi connectivity index (χ1) is 7.08. The number of rotatable bonds is 1. The van der Waals surface area contributed by atoms with Crippen LogP contribution in [0, 0.1) is 5.82 Å². The maximum atomic E-state index is 13.1. The molecule has 1 aromatic rings. The molecule has 0 radical (unpaired) electrons. The van der Waals surface area contributed by atoms with Gasteiger partial charge in [0.15, 0.2) is 0 Å². The fraction of sp³-hybridized carbons (Fsp3) is 0.250. The van der Waals surface area contributed by atoms with Gasteiger partial charge in [-0.2, -0.15) is 0 Å². The summed E-state index contributed by atoms with van der Waals surface area (Å²) >= 11 is 5.30. The molecule has 2 rings (SSSR count). The molecule has 0 heterocycles. The van der Waals surface area contributed by atoms with Gasteiger partial charge < -0.3 is 0 Å². The number of hydrogen-bond donors (Lipinski definition) is 0. The summed E-state index contributed by atoms with van der Waals surface area (Å²) in [5.41, 5.74) is 2.73. The van der Waals surface area contributed by atoms with Crippen molar-refractivity contribution in [1.82, 2.24) is 0 Å². The molecule has 0 aliphatic heterocycles. The minimum atomic E-state index is -0.505. The van der Waals surface area contributed by atoms with Crippen LogP contribution in [0.3, 0.4) is 0 Å². The third kappa shape index (κ3) is 1.95. The average molecular weight is 225 g/mol. The zero-order valence-corrected chi connectivity index (χ0v) is 9.01. The maximum Gasteiger partial charge on any atom is 0.245 e. The molecule has 1 atom stereocenters. The molecule has 1 aliphatic carbocycles. The van der Waals surface area contributed by atoms with Crippen LogP contribution < -0.4 is 0 Å². The molecular weight excluding hydrogens is 215 g/mol. The molecule has 78 valence electrons. The zero-order chi connectivity index (χ0) is 11.0. The molecule has 0 spiro atoms. The number of benzene rings is 1. The van der Waals surface area contributed by atoms with E-state index in [1.54, 1.807) is 6.07 Å². The van der Waals surface area contributed by atoms with Gasteiger partial charge in [0.25, 0.3) is 0 Å². The molecule has 0 aromatic heterocycles. The van der Waals surface area contributed by atoms with Crippen molar-refractivity contribution >= 4 is 22.4 Å². The Hall–Kier alpha value is -1.15. The van der Waals surface area contributed by atoms with Gasteiger partial charge in [-0.05, 0) is 52.8 Å². The summed E-state index contributed by atoms with van der Waals surface area (Å²) in [6.45, 7) is 2.05. The van der Waals surface area contributed by atoms with E-state index < -0.39 is 5.24 Å². The number of hydrogen-bond acceptors (Lipinski definition) is 1. The highest BCUT2D eigenvalue weighted by molar-refractivity contribution is 6.67. The summed E-state index contributed by atoms with van der Waals surface area (Å²) in [4.78, 5) is 10.8. The van der Waals surface area contributed by atoms with Crippen LogP contribution in [-0.2, 0) is 4.79 Å². The van der Waals surface area contributed by atoms with Crippen molar-refractivity contribution in [3.8, 4) is 0 Å². The Kier molecular flexibility index (Phi) is 2.61. The van der Waals surface area contributed by atoms with Crippen LogP contribution >= 0.6 is 11.6 Å². The number of halogens is 2. The minimum absolute atomic E-state index is 0.282. The molecule has 0 amide bonds. The van der Waals surface area contributed by atoms with E-state index in [9.17, 15) is 9.18 Å². The van der Waals surface area contributed by atoms with Crippen LogP contribution in [0.1, 0.15) is 30.4 Å². The minimum Gasteiger partial charge on any atom is -0.276 e. The van der Waals surface area contributed by atoms with E-state index in [0.29, 0.717) is 5.92 Å². The third-order valence-corrected chi connectivity index (χ3v) is 2.82. The SMILES string of the molecule is CC1CC(=CC(=O)Cl)c2cc(F)ccc21. The highest BCUT2D eigenvalue weighted by Crippen LogP contribution is 2.40. The van der Waals surface area contributed by atoms with Crippen molar-refractivity contribution in [1.29, 1.82) is 0 Å². The van der Waals surface area contributed by atoms with Gasteiger partial charge in [-0.1, -0.05) is 13.0 Å². The van der Waals surface area contributed by atoms with Gasteiger partial charge in [0, 0.05) is 6.08 Å². The Morgan fingerprint density at radius 3 is 3.00 bits per heavy atom. The van der Waals surface area contributed by atoms with Gasteiger partial charge in [-0.25, -0.2) is 4.39 Å². The second-order valence-electron chi connectivity index (χ2n) is 3.81. The molecule has 1 aliphatic rings. The Bertz CT molecular complexity index is 451. The lowest BCUT2D eigenvalue weighted by Crippen LogP contribution is -1.86. The Morgan fingerprint density at radius 2 is 2.33 bits per heavy atom. The molecule has 1 unspecified atom stereocenters. The predicted molar refractivity (Wildman–Crippen MR) is 58.3 cm³/mol. The highest BCUT2D eigenvalue weighted by Gasteiger charge is 2.23. The topological polar surface area (TPSA) is 17.1 Å². The Balaban J connectivity index is 2.53. The largest absolute Gasteiger partial charge is 0.276 e. The standard InChI is InChI=1S/C12H10ClFO/c1-7-4-8(5-12(13)15)11-6-9(14)2-3-10(7)11/h2-3,5-7H,4H2,1H3. The van der Waals surface area contributed by atoms with Crippen molar-refractivity contribution in [2.75, 3.05) is 0 Å². The second-order valence-corrected chi connectivity index (χ2v) is 4.18. The quantitative estimate of drug-likeness (QED) is 0.527. The molecule has 3 heteroatoms. The van der Waals surface area contributed by atoms with E-state index in [0.717, 1.165) is 23.1 Å². The number of allylic oxidation sites excluding steroid dienone is 2. The lowest BCUT2D eigenvalue weighted by Gasteiger charge is -2.02. The predicted octanol–water partition coefficient (Wildman–Crippen LogP) is 3.48. The molecule has 0 saturated carbocycles. The fourth-order valence-electron chi connectivity index (χ4n) is 2.06. The lowest BCUT2D eigenvalue weighted by atomic mass is 10.0. The van der Waals surface area contributed by atoms with Crippen molar-refractivity contribution in [3.05, 3.63) is 41.2 Å². The summed E-state index contributed by atoms with van der Waals surface area (Å²) in [5, 5.41) is -0.505. The zero-order valence-electron chi connectivity index (χ0n) is 8.26. The Labute approximate surface area is 92.6 Å². The first-order valence-electron chi connectivity index (χ1n) is 4.78. The molecule has 0 bridgehead atoms. The number of carbonyl (C=O) groups is 1. The van der Waals surface area contributed by atoms with E-state index in [1.165, 1.54) is 18.2 Å². The molecule has 0 N–H and O–H groups in total. The summed E-state index contributed by atoms with van der Waals surface area (Å²) in [6, 6.07) is 4.68. The summed E-state index contributed by atoms with van der Waals surface area (Å²) < 4.78 is 13.1. The number of fused-ring (bicyclic) bond motifs is 1. The first-order valence-corrected chi connectivity index (χ1v) is 5.15. The van der Waals surface area contributed by atoms with E-state index in [-0.39, 0.29) is 5.82 Å². The molecular formula is C12H10ClFO.